The molecule has 7 heteroatoms. The van der Waals surface area contributed by atoms with Gasteiger partial charge in [0.1, 0.15) is 5.75 Å². The summed E-state index contributed by atoms with van der Waals surface area (Å²) >= 11 is 0. The summed E-state index contributed by atoms with van der Waals surface area (Å²) < 4.78 is 35.5. The maximum Gasteiger partial charge on any atom is 0.231 e. The van der Waals surface area contributed by atoms with Crippen molar-refractivity contribution in [2.24, 2.45) is 11.8 Å². The highest BCUT2D eigenvalue weighted by atomic mass is 16.7. The first-order chi connectivity index (χ1) is 17.2. The molecule has 3 aliphatic rings. The van der Waals surface area contributed by atoms with Crippen LogP contribution in [0.1, 0.15) is 63.0 Å². The number of rotatable bonds is 5. The topological polar surface area (TPSA) is 75.6 Å². The highest BCUT2D eigenvalue weighted by Gasteiger charge is 2.35. The molecule has 3 atom stereocenters. The van der Waals surface area contributed by atoms with Gasteiger partial charge in [-0.25, -0.2) is 0 Å². The van der Waals surface area contributed by atoms with Crippen LogP contribution in [-0.2, 0) is 9.47 Å². The molecule has 1 saturated carbocycles. The van der Waals surface area contributed by atoms with Gasteiger partial charge in [0.15, 0.2) is 23.0 Å². The van der Waals surface area contributed by atoms with Crippen molar-refractivity contribution in [3.8, 4) is 28.7 Å². The van der Waals surface area contributed by atoms with Crippen molar-refractivity contribution in [3.05, 3.63) is 42.0 Å². The third-order valence-corrected chi connectivity index (χ3v) is 7.41. The SMILES string of the molecule is COc1cc(OC2CCOC(c3ccc4c(c3)OCO4)C(C3CCCCCCC3)CO2)ccc1O. The molecule has 1 aliphatic carbocycles. The summed E-state index contributed by atoms with van der Waals surface area (Å²) in [6, 6.07) is 11.1. The van der Waals surface area contributed by atoms with E-state index in [2.05, 4.69) is 12.1 Å². The Labute approximate surface area is 207 Å². The average molecular weight is 485 g/mol. The zero-order valence-corrected chi connectivity index (χ0v) is 20.4. The number of phenolic OH excluding ortho intramolecular Hbond substituents is 1. The second-order valence-electron chi connectivity index (χ2n) is 9.68. The summed E-state index contributed by atoms with van der Waals surface area (Å²) in [5.74, 6) is 3.37. The second-order valence-corrected chi connectivity index (χ2v) is 9.68. The lowest BCUT2D eigenvalue weighted by Crippen LogP contribution is -2.36. The second kappa shape index (κ2) is 11.4. The van der Waals surface area contributed by atoms with E-state index in [1.54, 1.807) is 18.2 Å². The molecular weight excluding hydrogens is 448 g/mol. The third kappa shape index (κ3) is 5.78. The normalized spacial score (nSPS) is 25.7. The largest absolute Gasteiger partial charge is 0.504 e. The molecule has 2 aliphatic heterocycles. The number of aromatic hydroxyl groups is 1. The Balaban J connectivity index is 1.35. The molecule has 2 aromatic carbocycles. The maximum atomic E-state index is 9.89. The highest BCUT2D eigenvalue weighted by molar-refractivity contribution is 5.45. The Morgan fingerprint density at radius 3 is 2.49 bits per heavy atom. The van der Waals surface area contributed by atoms with E-state index in [0.717, 1.165) is 17.1 Å². The van der Waals surface area contributed by atoms with E-state index in [-0.39, 0.29) is 24.6 Å². The molecule has 7 nitrogen and oxygen atoms in total. The first kappa shape index (κ1) is 24.1. The number of benzene rings is 2. The Morgan fingerprint density at radius 1 is 0.857 bits per heavy atom. The van der Waals surface area contributed by atoms with E-state index in [1.807, 2.05) is 6.07 Å². The lowest BCUT2D eigenvalue weighted by Gasteiger charge is -2.38. The van der Waals surface area contributed by atoms with Gasteiger partial charge in [-0.15, -0.1) is 0 Å². The van der Waals surface area contributed by atoms with E-state index >= 15 is 0 Å². The van der Waals surface area contributed by atoms with Gasteiger partial charge in [0.2, 0.25) is 13.1 Å². The molecule has 2 fully saturated rings. The molecule has 0 aromatic heterocycles. The Morgan fingerprint density at radius 2 is 1.66 bits per heavy atom. The third-order valence-electron chi connectivity index (χ3n) is 7.41. The van der Waals surface area contributed by atoms with E-state index in [1.165, 1.54) is 52.1 Å². The predicted octanol–water partition coefficient (Wildman–Crippen LogP) is 5.99. The van der Waals surface area contributed by atoms with Gasteiger partial charge in [0, 0.05) is 18.4 Å². The fourth-order valence-electron chi connectivity index (χ4n) is 5.51. The molecule has 5 rings (SSSR count). The van der Waals surface area contributed by atoms with Gasteiger partial charge in [-0.1, -0.05) is 38.2 Å². The van der Waals surface area contributed by atoms with E-state index in [0.29, 0.717) is 37.1 Å². The number of hydrogen-bond acceptors (Lipinski definition) is 7. The number of phenols is 1. The van der Waals surface area contributed by atoms with Crippen LogP contribution in [0.3, 0.4) is 0 Å². The van der Waals surface area contributed by atoms with E-state index < -0.39 is 6.29 Å². The van der Waals surface area contributed by atoms with Crippen LogP contribution >= 0.6 is 0 Å². The van der Waals surface area contributed by atoms with Crippen LogP contribution in [0, 0.1) is 11.8 Å². The number of hydrogen-bond donors (Lipinski definition) is 1. The Kier molecular flexibility index (Phi) is 7.84. The zero-order valence-electron chi connectivity index (χ0n) is 20.4. The molecule has 2 heterocycles. The van der Waals surface area contributed by atoms with Crippen molar-refractivity contribution in [1.29, 1.82) is 0 Å². The van der Waals surface area contributed by atoms with Crippen LogP contribution in [0.15, 0.2) is 36.4 Å². The first-order valence-electron chi connectivity index (χ1n) is 12.9. The molecule has 0 bridgehead atoms. The highest BCUT2D eigenvalue weighted by Crippen LogP contribution is 2.43. The van der Waals surface area contributed by atoms with Crippen molar-refractivity contribution >= 4 is 0 Å². The molecule has 190 valence electrons. The number of ether oxygens (including phenoxy) is 6. The first-order valence-corrected chi connectivity index (χ1v) is 12.9. The fraction of sp³-hybridized carbons (Fsp3) is 0.571. The van der Waals surface area contributed by atoms with Crippen molar-refractivity contribution in [3.63, 3.8) is 0 Å². The average Bonchev–Trinajstić information content (AvgIpc) is 3.30. The summed E-state index contributed by atoms with van der Waals surface area (Å²) in [6.45, 7) is 1.34. The van der Waals surface area contributed by atoms with Gasteiger partial charge in [-0.3, -0.25) is 0 Å². The van der Waals surface area contributed by atoms with Gasteiger partial charge in [0.25, 0.3) is 0 Å². The minimum atomic E-state index is -0.432. The summed E-state index contributed by atoms with van der Waals surface area (Å²) in [5.41, 5.74) is 1.12. The van der Waals surface area contributed by atoms with Crippen molar-refractivity contribution in [1.82, 2.24) is 0 Å². The van der Waals surface area contributed by atoms with Gasteiger partial charge >= 0.3 is 0 Å². The molecule has 0 spiro atoms. The minimum Gasteiger partial charge on any atom is -0.504 e. The number of fused-ring (bicyclic) bond motifs is 1. The van der Waals surface area contributed by atoms with Gasteiger partial charge in [-0.2, -0.15) is 0 Å². The van der Waals surface area contributed by atoms with E-state index in [4.69, 9.17) is 28.4 Å². The van der Waals surface area contributed by atoms with Crippen molar-refractivity contribution < 1.29 is 33.5 Å². The minimum absolute atomic E-state index is 0.0661. The van der Waals surface area contributed by atoms with E-state index in [9.17, 15) is 5.11 Å². The maximum absolute atomic E-state index is 9.89. The quantitative estimate of drug-likeness (QED) is 0.559. The summed E-state index contributed by atoms with van der Waals surface area (Å²) in [5, 5.41) is 9.89. The van der Waals surface area contributed by atoms with Crippen LogP contribution in [0.25, 0.3) is 0 Å². The molecule has 0 amide bonds. The Hall–Kier alpha value is -2.64. The Bertz CT molecular complexity index is 970. The molecule has 1 N–H and O–H groups in total. The van der Waals surface area contributed by atoms with Crippen molar-refractivity contribution in [2.75, 3.05) is 27.1 Å². The van der Waals surface area contributed by atoms with Gasteiger partial charge < -0.3 is 33.5 Å². The van der Waals surface area contributed by atoms with Crippen LogP contribution in [0.4, 0.5) is 0 Å². The molecular formula is C28H36O7. The van der Waals surface area contributed by atoms with Crippen LogP contribution < -0.4 is 18.9 Å². The van der Waals surface area contributed by atoms with Crippen LogP contribution in [0.5, 0.6) is 28.7 Å². The van der Waals surface area contributed by atoms with Crippen molar-refractivity contribution in [2.45, 2.75) is 63.8 Å². The van der Waals surface area contributed by atoms with Gasteiger partial charge in [-0.05, 0) is 48.6 Å². The van der Waals surface area contributed by atoms with Crippen LogP contribution in [-0.4, -0.2) is 38.5 Å². The molecule has 3 unspecified atom stereocenters. The monoisotopic (exact) mass is 484 g/mol. The molecule has 35 heavy (non-hydrogen) atoms. The molecule has 0 radical (unpaired) electrons. The lowest BCUT2D eigenvalue weighted by molar-refractivity contribution is -0.160. The molecule has 2 aromatic rings. The number of methoxy groups -OCH3 is 1. The predicted molar refractivity (Wildman–Crippen MR) is 130 cm³/mol. The van der Waals surface area contributed by atoms with Gasteiger partial charge in [0.05, 0.1) is 26.4 Å². The smallest absolute Gasteiger partial charge is 0.231 e. The fourth-order valence-corrected chi connectivity index (χ4v) is 5.51. The lowest BCUT2D eigenvalue weighted by atomic mass is 9.77. The standard InChI is InChI=1S/C28H36O7/c1-30-25-16-21(10-11-23(25)29)35-27-13-14-31-28(20-9-12-24-26(15-20)34-18-33-24)22(17-32-27)19-7-5-3-2-4-6-8-19/h9-12,15-16,19,22,27-29H,2-8,13-14,17-18H2,1H3. The zero-order chi connectivity index (χ0) is 24.0. The van der Waals surface area contributed by atoms with Crippen LogP contribution in [0.2, 0.25) is 0 Å². The summed E-state index contributed by atoms with van der Waals surface area (Å²) in [6.07, 6.45) is 8.93. The summed E-state index contributed by atoms with van der Waals surface area (Å²) in [4.78, 5) is 0. The summed E-state index contributed by atoms with van der Waals surface area (Å²) in [7, 11) is 1.52. The molecule has 1 saturated heterocycles.